The van der Waals surface area contributed by atoms with E-state index in [1.807, 2.05) is 30.3 Å². The van der Waals surface area contributed by atoms with Gasteiger partial charge in [0.05, 0.1) is 11.1 Å². The quantitative estimate of drug-likeness (QED) is 0.150. The maximum Gasteiger partial charge on any atom is 0.329 e. The Bertz CT molecular complexity index is 1340. The number of anilines is 1. The van der Waals surface area contributed by atoms with Crippen LogP contribution in [0.2, 0.25) is 0 Å². The Morgan fingerprint density at radius 2 is 1.44 bits per heavy atom. The number of rotatable bonds is 5. The van der Waals surface area contributed by atoms with Crippen LogP contribution in [0.25, 0.3) is 10.8 Å². The number of hydrogen-bond donors (Lipinski definition) is 1. The summed E-state index contributed by atoms with van der Waals surface area (Å²) in [6.07, 6.45) is 0. The lowest BCUT2D eigenvalue weighted by molar-refractivity contribution is -0.150. The van der Waals surface area contributed by atoms with Crippen molar-refractivity contribution >= 4 is 104 Å². The van der Waals surface area contributed by atoms with Crippen molar-refractivity contribution in [2.45, 2.75) is 13.0 Å². The van der Waals surface area contributed by atoms with Gasteiger partial charge < -0.3 is 10.1 Å². The number of nitrogens with one attached hydrogen (secondary N) is 1. The fourth-order valence-electron chi connectivity index (χ4n) is 3.60. The molecule has 3 aromatic rings. The minimum absolute atomic E-state index is 0.125. The summed E-state index contributed by atoms with van der Waals surface area (Å²) in [6, 6.07) is 11.8. The number of fused-ring (bicyclic) bond motifs is 2. The van der Waals surface area contributed by atoms with Crippen LogP contribution in [-0.2, 0) is 14.3 Å². The Labute approximate surface area is 227 Å². The molecule has 0 radical (unpaired) electrons. The van der Waals surface area contributed by atoms with Crippen LogP contribution in [0.5, 0.6) is 0 Å². The van der Waals surface area contributed by atoms with E-state index in [0.717, 1.165) is 15.7 Å². The predicted molar refractivity (Wildman–Crippen MR) is 141 cm³/mol. The number of amides is 3. The molecule has 11 heteroatoms. The zero-order valence-electron chi connectivity index (χ0n) is 17.3. The van der Waals surface area contributed by atoms with Crippen molar-refractivity contribution < 1.29 is 23.9 Å². The van der Waals surface area contributed by atoms with Crippen molar-refractivity contribution in [3.05, 3.63) is 71.5 Å². The molecule has 1 N–H and O–H groups in total. The van der Waals surface area contributed by atoms with Crippen LogP contribution < -0.4 is 5.32 Å². The second-order valence-electron chi connectivity index (χ2n) is 7.34. The van der Waals surface area contributed by atoms with Crippen molar-refractivity contribution in [3.63, 3.8) is 0 Å². The molecule has 0 bridgehead atoms. The lowest BCUT2D eigenvalue weighted by atomic mass is 10.1. The molecule has 7 nitrogen and oxygen atoms in total. The molecule has 0 spiro atoms. The second kappa shape index (κ2) is 9.88. The Hall–Kier alpha value is -2.08. The number of carbonyl (C=O) groups excluding carboxylic acids is 4. The van der Waals surface area contributed by atoms with Gasteiger partial charge in [0.25, 0.3) is 17.7 Å². The largest absolute Gasteiger partial charge is 0.454 e. The van der Waals surface area contributed by atoms with E-state index in [4.69, 9.17) is 4.74 Å². The van der Waals surface area contributed by atoms with Gasteiger partial charge in [0.1, 0.15) is 6.04 Å². The predicted octanol–water partition coefficient (Wildman–Crippen LogP) is 6.06. The molecule has 4 rings (SSSR count). The van der Waals surface area contributed by atoms with Gasteiger partial charge in [-0.25, -0.2) is 4.79 Å². The Morgan fingerprint density at radius 1 is 0.882 bits per heavy atom. The molecule has 174 valence electrons. The number of benzene rings is 3. The van der Waals surface area contributed by atoms with Gasteiger partial charge in [0.2, 0.25) is 0 Å². The van der Waals surface area contributed by atoms with Crippen molar-refractivity contribution in [2.24, 2.45) is 0 Å². The van der Waals surface area contributed by atoms with E-state index in [0.29, 0.717) is 23.6 Å². The summed E-state index contributed by atoms with van der Waals surface area (Å²) >= 11 is 13.4. The topological polar surface area (TPSA) is 92.8 Å². The molecule has 3 amide bonds. The first-order valence-electron chi connectivity index (χ1n) is 9.81. The minimum atomic E-state index is -1.24. The Balaban J connectivity index is 1.46. The monoisotopic (exact) mass is 714 g/mol. The maximum absolute atomic E-state index is 13.0. The first-order valence-corrected chi connectivity index (χ1v) is 13.0. The normalized spacial score (nSPS) is 13.7. The standard InChI is InChI=1S/C23H14Br4N2O5/c1-10(29-21(31)15-16(22(29)32)18(25)20(27)19(26)17(15)24)23(33)34-9-14(30)28-13-8-4-6-11-5-2-3-7-12(11)13/h2-8,10H,9H2,1H3,(H,28,30). The summed E-state index contributed by atoms with van der Waals surface area (Å²) in [6.45, 7) is 0.804. The third-order valence-corrected chi connectivity index (χ3v) is 10.0. The lowest BCUT2D eigenvalue weighted by Gasteiger charge is -2.21. The fraction of sp³-hybridized carbons (Fsp3) is 0.130. The molecule has 34 heavy (non-hydrogen) atoms. The average molecular weight is 718 g/mol. The van der Waals surface area contributed by atoms with Gasteiger partial charge in [-0.2, -0.15) is 0 Å². The SMILES string of the molecule is CC(C(=O)OCC(=O)Nc1cccc2ccccc12)N1C(=O)c2c(Br)c(Br)c(Br)c(Br)c2C1=O. The van der Waals surface area contributed by atoms with Gasteiger partial charge in [0, 0.05) is 29.0 Å². The first-order chi connectivity index (χ1) is 16.1. The fourth-order valence-corrected chi connectivity index (χ4v) is 6.06. The second-order valence-corrected chi connectivity index (χ2v) is 10.5. The van der Waals surface area contributed by atoms with Crippen LogP contribution in [0.3, 0.4) is 0 Å². The summed E-state index contributed by atoms with van der Waals surface area (Å²) in [5, 5.41) is 4.52. The molecule has 0 saturated heterocycles. The van der Waals surface area contributed by atoms with Crippen molar-refractivity contribution in [1.29, 1.82) is 0 Å². The molecule has 0 fully saturated rings. The minimum Gasteiger partial charge on any atom is -0.454 e. The van der Waals surface area contributed by atoms with Crippen LogP contribution in [0.4, 0.5) is 5.69 Å². The summed E-state index contributed by atoms with van der Waals surface area (Å²) < 4.78 is 6.98. The third kappa shape index (κ3) is 4.34. The zero-order valence-corrected chi connectivity index (χ0v) is 23.7. The highest BCUT2D eigenvalue weighted by Crippen LogP contribution is 2.45. The first kappa shape index (κ1) is 25.0. The van der Waals surface area contributed by atoms with Crippen molar-refractivity contribution in [3.8, 4) is 0 Å². The van der Waals surface area contributed by atoms with Crippen molar-refractivity contribution in [1.82, 2.24) is 4.90 Å². The van der Waals surface area contributed by atoms with Gasteiger partial charge in [-0.05, 0) is 82.1 Å². The summed E-state index contributed by atoms with van der Waals surface area (Å²) in [7, 11) is 0. The Morgan fingerprint density at radius 3 is 2.06 bits per heavy atom. The van der Waals surface area contributed by atoms with Gasteiger partial charge in [-0.1, -0.05) is 36.4 Å². The highest BCUT2D eigenvalue weighted by Gasteiger charge is 2.45. The number of ether oxygens (including phenoxy) is 1. The molecule has 1 aliphatic rings. The molecule has 0 aliphatic carbocycles. The highest BCUT2D eigenvalue weighted by molar-refractivity contribution is 9.15. The molecule has 3 aromatic carbocycles. The van der Waals surface area contributed by atoms with Crippen LogP contribution in [0.1, 0.15) is 27.6 Å². The summed E-state index contributed by atoms with van der Waals surface area (Å²) in [4.78, 5) is 51.9. The van der Waals surface area contributed by atoms with E-state index >= 15 is 0 Å². The van der Waals surface area contributed by atoms with Gasteiger partial charge in [-0.15, -0.1) is 0 Å². The number of nitrogens with zero attached hydrogens (tertiary/aromatic N) is 1. The number of imide groups is 1. The number of esters is 1. The molecular weight excluding hydrogens is 704 g/mol. The van der Waals surface area contributed by atoms with Crippen LogP contribution in [0.15, 0.2) is 60.4 Å². The van der Waals surface area contributed by atoms with Gasteiger partial charge in [0.15, 0.2) is 6.61 Å². The van der Waals surface area contributed by atoms with E-state index in [9.17, 15) is 19.2 Å². The molecular formula is C23H14Br4N2O5. The van der Waals surface area contributed by atoms with E-state index in [2.05, 4.69) is 69.0 Å². The van der Waals surface area contributed by atoms with E-state index in [1.54, 1.807) is 12.1 Å². The van der Waals surface area contributed by atoms with E-state index in [1.165, 1.54) is 6.92 Å². The molecule has 1 aliphatic heterocycles. The third-order valence-electron chi connectivity index (χ3n) is 5.27. The number of carbonyl (C=O) groups is 4. The van der Waals surface area contributed by atoms with Crippen LogP contribution in [-0.4, -0.2) is 41.2 Å². The molecule has 0 saturated carbocycles. The van der Waals surface area contributed by atoms with Crippen molar-refractivity contribution in [2.75, 3.05) is 11.9 Å². The average Bonchev–Trinajstić information content (AvgIpc) is 3.09. The molecule has 1 heterocycles. The zero-order chi connectivity index (χ0) is 24.7. The van der Waals surface area contributed by atoms with Gasteiger partial charge in [-0.3, -0.25) is 19.3 Å². The smallest absolute Gasteiger partial charge is 0.329 e. The maximum atomic E-state index is 13.0. The van der Waals surface area contributed by atoms with E-state index in [-0.39, 0.29) is 11.1 Å². The van der Waals surface area contributed by atoms with E-state index < -0.39 is 36.3 Å². The number of halogens is 4. The highest BCUT2D eigenvalue weighted by atomic mass is 79.9. The molecule has 1 atom stereocenters. The van der Waals surface area contributed by atoms with Gasteiger partial charge >= 0.3 is 5.97 Å². The Kier molecular flexibility index (Phi) is 7.28. The number of hydrogen-bond acceptors (Lipinski definition) is 5. The van der Waals surface area contributed by atoms with Crippen LogP contribution >= 0.6 is 63.7 Å². The molecule has 0 aromatic heterocycles. The summed E-state index contributed by atoms with van der Waals surface area (Å²) in [5.41, 5.74) is 0.832. The summed E-state index contributed by atoms with van der Waals surface area (Å²) in [5.74, 6) is -2.72. The van der Waals surface area contributed by atoms with Crippen LogP contribution in [0, 0.1) is 0 Å². The molecule has 1 unspecified atom stereocenters. The lowest BCUT2D eigenvalue weighted by Crippen LogP contribution is -2.44.